The van der Waals surface area contributed by atoms with Gasteiger partial charge in [-0.2, -0.15) is 0 Å². The van der Waals surface area contributed by atoms with Crippen LogP contribution in [0.25, 0.3) is 0 Å². The first-order valence-electron chi connectivity index (χ1n) is 5.14. The van der Waals surface area contributed by atoms with E-state index in [9.17, 15) is 0 Å². The summed E-state index contributed by atoms with van der Waals surface area (Å²) in [4.78, 5) is 0. The lowest BCUT2D eigenvalue weighted by atomic mass is 10.1. The van der Waals surface area contributed by atoms with Crippen molar-refractivity contribution in [2.24, 2.45) is 0 Å². The van der Waals surface area contributed by atoms with Gasteiger partial charge in [0.15, 0.2) is 0 Å². The van der Waals surface area contributed by atoms with Gasteiger partial charge in [-0.1, -0.05) is 39.5 Å². The Hall–Kier alpha value is 0.250. The van der Waals surface area contributed by atoms with Crippen LogP contribution in [-0.4, -0.2) is 6.04 Å². The van der Waals surface area contributed by atoms with Crippen LogP contribution in [0.4, 0.5) is 0 Å². The third kappa shape index (κ3) is 10.2. The summed E-state index contributed by atoms with van der Waals surface area (Å²) in [7, 11) is 0. The maximum absolute atomic E-state index is 4.07. The summed E-state index contributed by atoms with van der Waals surface area (Å²) < 4.78 is 0. The van der Waals surface area contributed by atoms with Crippen molar-refractivity contribution in [2.45, 2.75) is 64.8 Å². The SMILES string of the molecule is CCCCCCCC([NH3+])CC.[Cl-]. The van der Waals surface area contributed by atoms with Crippen molar-refractivity contribution < 1.29 is 18.1 Å². The monoisotopic (exact) mass is 193 g/mol. The highest BCUT2D eigenvalue weighted by Gasteiger charge is 2.00. The van der Waals surface area contributed by atoms with E-state index >= 15 is 0 Å². The van der Waals surface area contributed by atoms with Crippen LogP contribution in [0, 0.1) is 0 Å². The van der Waals surface area contributed by atoms with E-state index in [1.807, 2.05) is 0 Å². The summed E-state index contributed by atoms with van der Waals surface area (Å²) in [5.41, 5.74) is 4.07. The molecule has 76 valence electrons. The van der Waals surface area contributed by atoms with Crippen molar-refractivity contribution in [3.05, 3.63) is 0 Å². The van der Waals surface area contributed by atoms with Crippen molar-refractivity contribution >= 4 is 0 Å². The van der Waals surface area contributed by atoms with Crippen molar-refractivity contribution in [1.82, 2.24) is 0 Å². The Labute approximate surface area is 83.5 Å². The highest BCUT2D eigenvalue weighted by Crippen LogP contribution is 2.06. The molecule has 0 fully saturated rings. The molecule has 0 spiro atoms. The first-order valence-corrected chi connectivity index (χ1v) is 5.14. The number of rotatable bonds is 7. The molecular weight excluding hydrogens is 170 g/mol. The number of hydrogen-bond donors (Lipinski definition) is 1. The minimum Gasteiger partial charge on any atom is -1.00 e. The van der Waals surface area contributed by atoms with Gasteiger partial charge in [0.2, 0.25) is 0 Å². The topological polar surface area (TPSA) is 27.6 Å². The molecule has 3 N–H and O–H groups in total. The fraction of sp³-hybridized carbons (Fsp3) is 1.00. The van der Waals surface area contributed by atoms with E-state index in [4.69, 9.17) is 0 Å². The third-order valence-corrected chi connectivity index (χ3v) is 2.29. The number of hydrogen-bond acceptors (Lipinski definition) is 0. The molecule has 0 aliphatic carbocycles. The van der Waals surface area contributed by atoms with E-state index in [1.54, 1.807) is 0 Å². The van der Waals surface area contributed by atoms with E-state index in [1.165, 1.54) is 44.9 Å². The average molecular weight is 194 g/mol. The maximum atomic E-state index is 4.07. The molecule has 0 aromatic carbocycles. The summed E-state index contributed by atoms with van der Waals surface area (Å²) >= 11 is 0. The van der Waals surface area contributed by atoms with Gasteiger partial charge < -0.3 is 18.1 Å². The van der Waals surface area contributed by atoms with Gasteiger partial charge in [-0.05, 0) is 19.3 Å². The first-order chi connectivity index (χ1) is 5.31. The summed E-state index contributed by atoms with van der Waals surface area (Å²) in [5, 5.41) is 0. The van der Waals surface area contributed by atoms with Crippen LogP contribution in [0.1, 0.15) is 58.8 Å². The lowest BCUT2D eigenvalue weighted by molar-refractivity contribution is -0.421. The van der Waals surface area contributed by atoms with Gasteiger partial charge in [0.05, 0.1) is 6.04 Å². The standard InChI is InChI=1S/C10H23N.ClH/c1-3-5-6-7-8-9-10(11)4-2;/h10H,3-9,11H2,1-2H3;1H. The molecule has 0 aliphatic rings. The van der Waals surface area contributed by atoms with Crippen molar-refractivity contribution in [1.29, 1.82) is 0 Å². The Morgan fingerprint density at radius 2 is 1.58 bits per heavy atom. The van der Waals surface area contributed by atoms with Gasteiger partial charge in [0.1, 0.15) is 0 Å². The Bertz CT molecular complexity index is 76.2. The Balaban J connectivity index is 0. The van der Waals surface area contributed by atoms with Crippen molar-refractivity contribution in [3.63, 3.8) is 0 Å². The van der Waals surface area contributed by atoms with Crippen LogP contribution in [0.15, 0.2) is 0 Å². The maximum Gasteiger partial charge on any atom is 0.0840 e. The summed E-state index contributed by atoms with van der Waals surface area (Å²) in [6, 6.07) is 0.705. The van der Waals surface area contributed by atoms with Crippen LogP contribution in [0.3, 0.4) is 0 Å². The second-order valence-corrected chi connectivity index (χ2v) is 3.48. The second-order valence-electron chi connectivity index (χ2n) is 3.48. The van der Waals surface area contributed by atoms with Gasteiger partial charge in [-0.25, -0.2) is 0 Å². The van der Waals surface area contributed by atoms with Crippen LogP contribution >= 0.6 is 0 Å². The van der Waals surface area contributed by atoms with Crippen LogP contribution in [-0.2, 0) is 0 Å². The molecule has 0 aliphatic heterocycles. The molecule has 1 atom stereocenters. The minimum absolute atomic E-state index is 0. The molecule has 1 nitrogen and oxygen atoms in total. The molecule has 0 aromatic heterocycles. The smallest absolute Gasteiger partial charge is 0.0840 e. The average Bonchev–Trinajstić information content (AvgIpc) is 2.04. The highest BCUT2D eigenvalue weighted by molar-refractivity contribution is 4.51. The zero-order valence-corrected chi connectivity index (χ0v) is 9.37. The lowest BCUT2D eigenvalue weighted by Gasteiger charge is -2.04. The van der Waals surface area contributed by atoms with E-state index in [-0.39, 0.29) is 12.4 Å². The molecule has 12 heavy (non-hydrogen) atoms. The molecule has 1 unspecified atom stereocenters. The van der Waals surface area contributed by atoms with E-state index in [2.05, 4.69) is 19.6 Å². The van der Waals surface area contributed by atoms with Gasteiger partial charge in [0, 0.05) is 0 Å². The Morgan fingerprint density at radius 3 is 2.08 bits per heavy atom. The molecule has 0 amide bonds. The minimum atomic E-state index is 0. The van der Waals surface area contributed by atoms with Gasteiger partial charge in [-0.15, -0.1) is 0 Å². The fourth-order valence-electron chi connectivity index (χ4n) is 1.24. The highest BCUT2D eigenvalue weighted by atomic mass is 35.5. The van der Waals surface area contributed by atoms with Crippen LogP contribution < -0.4 is 18.1 Å². The summed E-state index contributed by atoms with van der Waals surface area (Å²) in [5.74, 6) is 0. The predicted octanol–water partition coefficient (Wildman–Crippen LogP) is -0.629. The predicted molar refractivity (Wildman–Crippen MR) is 50.3 cm³/mol. The fourth-order valence-corrected chi connectivity index (χ4v) is 1.24. The van der Waals surface area contributed by atoms with Crippen molar-refractivity contribution in [3.8, 4) is 0 Å². The molecular formula is C10H24ClN. The molecule has 0 aromatic rings. The van der Waals surface area contributed by atoms with E-state index in [0.29, 0.717) is 6.04 Å². The molecule has 0 rings (SSSR count). The third-order valence-electron chi connectivity index (χ3n) is 2.29. The van der Waals surface area contributed by atoms with Gasteiger partial charge >= 0.3 is 0 Å². The molecule has 0 saturated heterocycles. The molecule has 0 heterocycles. The Kier molecular flexibility index (Phi) is 13.8. The zero-order valence-electron chi connectivity index (χ0n) is 8.61. The molecule has 2 heteroatoms. The molecule has 0 saturated carbocycles. The largest absolute Gasteiger partial charge is 1.00 e. The number of unbranched alkanes of at least 4 members (excludes halogenated alkanes) is 4. The zero-order chi connectivity index (χ0) is 8.53. The van der Waals surface area contributed by atoms with E-state index < -0.39 is 0 Å². The van der Waals surface area contributed by atoms with E-state index in [0.717, 1.165) is 0 Å². The molecule has 0 bridgehead atoms. The lowest BCUT2D eigenvalue weighted by Crippen LogP contribution is -3.00. The second kappa shape index (κ2) is 11.2. The van der Waals surface area contributed by atoms with Crippen LogP contribution in [0.2, 0.25) is 0 Å². The first kappa shape index (κ1) is 14.8. The van der Waals surface area contributed by atoms with Gasteiger partial charge in [0.25, 0.3) is 0 Å². The summed E-state index contributed by atoms with van der Waals surface area (Å²) in [6.45, 7) is 4.49. The Morgan fingerprint density at radius 1 is 1.00 bits per heavy atom. The number of halogens is 1. The molecule has 0 radical (unpaired) electrons. The quantitative estimate of drug-likeness (QED) is 0.522. The normalized spacial score (nSPS) is 12.2. The number of quaternary nitrogens is 1. The summed E-state index contributed by atoms with van der Waals surface area (Å²) in [6.07, 6.45) is 9.57. The van der Waals surface area contributed by atoms with Gasteiger partial charge in [-0.3, -0.25) is 0 Å². The van der Waals surface area contributed by atoms with Crippen molar-refractivity contribution in [2.75, 3.05) is 0 Å². The van der Waals surface area contributed by atoms with Crippen LogP contribution in [0.5, 0.6) is 0 Å².